The summed E-state index contributed by atoms with van der Waals surface area (Å²) in [6.45, 7) is 5.61. The van der Waals surface area contributed by atoms with Crippen LogP contribution in [0, 0.1) is 5.92 Å². The first-order valence-corrected chi connectivity index (χ1v) is 8.67. The van der Waals surface area contributed by atoms with Gasteiger partial charge in [0, 0.05) is 19.3 Å². The van der Waals surface area contributed by atoms with E-state index < -0.39 is 10.0 Å². The minimum absolute atomic E-state index is 0.00666. The number of sulfonamides is 1. The Morgan fingerprint density at radius 3 is 2.80 bits per heavy atom. The van der Waals surface area contributed by atoms with Crippen molar-refractivity contribution in [1.82, 2.24) is 14.6 Å². The molecule has 1 aromatic rings. The Labute approximate surface area is 125 Å². The van der Waals surface area contributed by atoms with Gasteiger partial charge in [-0.2, -0.15) is 0 Å². The summed E-state index contributed by atoms with van der Waals surface area (Å²) in [6, 6.07) is 3.02. The van der Waals surface area contributed by atoms with Crippen LogP contribution in [0.15, 0.2) is 23.2 Å². The summed E-state index contributed by atoms with van der Waals surface area (Å²) in [5.74, 6) is 0.262. The Hall–Kier alpha value is -0.690. The van der Waals surface area contributed by atoms with E-state index in [-0.39, 0.29) is 16.0 Å². The van der Waals surface area contributed by atoms with Gasteiger partial charge in [0.05, 0.1) is 0 Å². The Balaban J connectivity index is 1.90. The number of hydrogen-bond acceptors (Lipinski definition) is 4. The van der Waals surface area contributed by atoms with Gasteiger partial charge in [-0.05, 0) is 44.0 Å². The number of rotatable bonds is 6. The van der Waals surface area contributed by atoms with E-state index in [1.807, 2.05) is 6.92 Å². The maximum atomic E-state index is 12.1. The number of pyridine rings is 1. The molecular formula is C13H20ClN3O2S. The molecule has 1 fully saturated rings. The molecule has 1 atom stereocenters. The van der Waals surface area contributed by atoms with Gasteiger partial charge in [0.1, 0.15) is 10.0 Å². The summed E-state index contributed by atoms with van der Waals surface area (Å²) in [7, 11) is -3.58. The summed E-state index contributed by atoms with van der Waals surface area (Å²) in [6.07, 6.45) is 3.95. The van der Waals surface area contributed by atoms with E-state index in [0.29, 0.717) is 6.54 Å². The highest BCUT2D eigenvalue weighted by atomic mass is 35.5. The van der Waals surface area contributed by atoms with Crippen LogP contribution in [-0.2, 0) is 10.0 Å². The second-order valence-corrected chi connectivity index (χ2v) is 7.35. The van der Waals surface area contributed by atoms with E-state index >= 15 is 0 Å². The summed E-state index contributed by atoms with van der Waals surface area (Å²) in [5, 5.41) is 0.00666. The lowest BCUT2D eigenvalue weighted by molar-refractivity contribution is 0.288. The van der Waals surface area contributed by atoms with E-state index in [9.17, 15) is 8.42 Å². The van der Waals surface area contributed by atoms with Crippen LogP contribution >= 0.6 is 11.6 Å². The van der Waals surface area contributed by atoms with Crippen molar-refractivity contribution in [3.05, 3.63) is 23.5 Å². The molecule has 1 aromatic heterocycles. The van der Waals surface area contributed by atoms with Crippen LogP contribution in [0.25, 0.3) is 0 Å². The van der Waals surface area contributed by atoms with Crippen molar-refractivity contribution >= 4 is 21.6 Å². The third kappa shape index (κ3) is 4.15. The summed E-state index contributed by atoms with van der Waals surface area (Å²) < 4.78 is 26.9. The molecule has 1 N–H and O–H groups in total. The third-order valence-corrected chi connectivity index (χ3v) is 5.27. The van der Waals surface area contributed by atoms with Crippen molar-refractivity contribution in [2.45, 2.75) is 24.7 Å². The van der Waals surface area contributed by atoms with Gasteiger partial charge in [-0.3, -0.25) is 0 Å². The molecule has 1 aliphatic heterocycles. The zero-order valence-corrected chi connectivity index (χ0v) is 13.1. The number of likely N-dealkylation sites (tertiary alicyclic amines) is 1. The molecule has 2 rings (SSSR count). The van der Waals surface area contributed by atoms with Gasteiger partial charge < -0.3 is 4.90 Å². The topological polar surface area (TPSA) is 62.3 Å². The zero-order chi connectivity index (χ0) is 14.6. The Morgan fingerprint density at radius 2 is 2.15 bits per heavy atom. The van der Waals surface area contributed by atoms with Crippen LogP contribution in [0.1, 0.15) is 19.8 Å². The van der Waals surface area contributed by atoms with Crippen molar-refractivity contribution in [3.8, 4) is 0 Å². The van der Waals surface area contributed by atoms with E-state index in [1.165, 1.54) is 25.1 Å². The second-order valence-electron chi connectivity index (χ2n) is 5.26. The molecule has 0 radical (unpaired) electrons. The maximum Gasteiger partial charge on any atom is 0.243 e. The van der Waals surface area contributed by atoms with Crippen molar-refractivity contribution in [2.24, 2.45) is 5.92 Å². The van der Waals surface area contributed by atoms with Gasteiger partial charge in [0.25, 0.3) is 0 Å². The predicted molar refractivity (Wildman–Crippen MR) is 79.3 cm³/mol. The molecule has 5 nitrogen and oxygen atoms in total. The standard InChI is InChI=1S/C13H20ClN3O2S/c1-11(10-17-7-2-3-8-17)9-16-20(18,19)12-5-4-6-15-13(12)14/h4-6,11,16H,2-3,7-10H2,1H3. The van der Waals surface area contributed by atoms with Crippen molar-refractivity contribution < 1.29 is 8.42 Å². The first-order chi connectivity index (χ1) is 9.49. The average Bonchev–Trinajstić information content (AvgIpc) is 2.90. The van der Waals surface area contributed by atoms with Gasteiger partial charge in [-0.15, -0.1) is 0 Å². The summed E-state index contributed by atoms with van der Waals surface area (Å²) >= 11 is 5.82. The van der Waals surface area contributed by atoms with E-state index in [1.54, 1.807) is 6.07 Å². The molecule has 0 spiro atoms. The quantitative estimate of drug-likeness (QED) is 0.812. The highest BCUT2D eigenvalue weighted by Crippen LogP contribution is 2.17. The molecule has 7 heteroatoms. The number of halogens is 1. The third-order valence-electron chi connectivity index (χ3n) is 3.40. The molecule has 112 valence electrons. The predicted octanol–water partition coefficient (Wildman–Crippen LogP) is 1.75. The SMILES string of the molecule is CC(CNS(=O)(=O)c1cccnc1Cl)CN1CCCC1. The Kier molecular flexibility index (Phi) is 5.37. The van der Waals surface area contributed by atoms with Gasteiger partial charge in [-0.1, -0.05) is 18.5 Å². The fourth-order valence-corrected chi connectivity index (χ4v) is 3.99. The minimum atomic E-state index is -3.58. The minimum Gasteiger partial charge on any atom is -0.303 e. The van der Waals surface area contributed by atoms with Gasteiger partial charge in [0.2, 0.25) is 10.0 Å². The number of nitrogens with zero attached hydrogens (tertiary/aromatic N) is 2. The molecule has 1 unspecified atom stereocenters. The fourth-order valence-electron chi connectivity index (χ4n) is 2.37. The first kappa shape index (κ1) is 15.7. The van der Waals surface area contributed by atoms with E-state index in [4.69, 9.17) is 11.6 Å². The molecule has 0 aliphatic carbocycles. The van der Waals surface area contributed by atoms with Gasteiger partial charge >= 0.3 is 0 Å². The second kappa shape index (κ2) is 6.85. The van der Waals surface area contributed by atoms with Crippen LogP contribution in [0.4, 0.5) is 0 Å². The summed E-state index contributed by atoms with van der Waals surface area (Å²) in [4.78, 5) is 6.20. The molecule has 0 amide bonds. The molecule has 0 saturated carbocycles. The van der Waals surface area contributed by atoms with Crippen molar-refractivity contribution in [2.75, 3.05) is 26.2 Å². The maximum absolute atomic E-state index is 12.1. The fraction of sp³-hybridized carbons (Fsp3) is 0.615. The first-order valence-electron chi connectivity index (χ1n) is 6.81. The molecule has 1 saturated heterocycles. The monoisotopic (exact) mass is 317 g/mol. The Morgan fingerprint density at radius 1 is 1.45 bits per heavy atom. The number of hydrogen-bond donors (Lipinski definition) is 1. The lowest BCUT2D eigenvalue weighted by Gasteiger charge is -2.20. The lowest BCUT2D eigenvalue weighted by Crippen LogP contribution is -2.34. The lowest BCUT2D eigenvalue weighted by atomic mass is 10.2. The van der Waals surface area contributed by atoms with Crippen LogP contribution in [0.2, 0.25) is 5.15 Å². The van der Waals surface area contributed by atoms with Gasteiger partial charge in [0.15, 0.2) is 0 Å². The average molecular weight is 318 g/mol. The Bertz CT molecular complexity index is 544. The highest BCUT2D eigenvalue weighted by molar-refractivity contribution is 7.89. The van der Waals surface area contributed by atoms with Crippen LogP contribution < -0.4 is 4.72 Å². The molecule has 2 heterocycles. The highest BCUT2D eigenvalue weighted by Gasteiger charge is 2.20. The van der Waals surface area contributed by atoms with Crippen LogP contribution in [0.3, 0.4) is 0 Å². The molecule has 0 aromatic carbocycles. The van der Waals surface area contributed by atoms with Gasteiger partial charge in [-0.25, -0.2) is 18.1 Å². The molecule has 0 bridgehead atoms. The smallest absolute Gasteiger partial charge is 0.243 e. The molecular weight excluding hydrogens is 298 g/mol. The molecule has 1 aliphatic rings. The normalized spacial score (nSPS) is 18.3. The summed E-state index contributed by atoms with van der Waals surface area (Å²) in [5.41, 5.74) is 0. The van der Waals surface area contributed by atoms with Crippen LogP contribution in [-0.4, -0.2) is 44.5 Å². The largest absolute Gasteiger partial charge is 0.303 e. The molecule has 20 heavy (non-hydrogen) atoms. The van der Waals surface area contributed by atoms with Crippen LogP contribution in [0.5, 0.6) is 0 Å². The zero-order valence-electron chi connectivity index (χ0n) is 11.5. The van der Waals surface area contributed by atoms with E-state index in [0.717, 1.165) is 19.6 Å². The number of nitrogens with one attached hydrogen (secondary N) is 1. The van der Waals surface area contributed by atoms with E-state index in [2.05, 4.69) is 14.6 Å². The number of aromatic nitrogens is 1. The van der Waals surface area contributed by atoms with Crippen molar-refractivity contribution in [3.63, 3.8) is 0 Å². The van der Waals surface area contributed by atoms with Crippen molar-refractivity contribution in [1.29, 1.82) is 0 Å².